The first-order valence-electron chi connectivity index (χ1n) is 7.04. The third-order valence-electron chi connectivity index (χ3n) is 4.98. The van der Waals surface area contributed by atoms with E-state index in [4.69, 9.17) is 9.47 Å². The molecule has 2 bridgehead atoms. The number of esters is 2. The van der Waals surface area contributed by atoms with Crippen LogP contribution < -0.4 is 0 Å². The van der Waals surface area contributed by atoms with Crippen molar-refractivity contribution in [3.05, 3.63) is 0 Å². The monoisotopic (exact) mass is 268 g/mol. The maximum Gasteiger partial charge on any atom is 0.312 e. The van der Waals surface area contributed by atoms with Crippen LogP contribution in [-0.4, -0.2) is 24.1 Å². The summed E-state index contributed by atoms with van der Waals surface area (Å²) < 4.78 is 10.9. The van der Waals surface area contributed by atoms with Gasteiger partial charge in [0, 0.05) is 6.42 Å². The highest BCUT2D eigenvalue weighted by Crippen LogP contribution is 2.41. The molecule has 0 amide bonds. The van der Waals surface area contributed by atoms with Gasteiger partial charge in [-0.2, -0.15) is 0 Å². The first-order valence-corrected chi connectivity index (χ1v) is 7.04. The van der Waals surface area contributed by atoms with E-state index in [9.17, 15) is 9.59 Å². The molecule has 2 aliphatic rings. The third kappa shape index (κ3) is 2.49. The summed E-state index contributed by atoms with van der Waals surface area (Å²) in [7, 11) is 0. The Hall–Kier alpha value is -1.06. The van der Waals surface area contributed by atoms with Crippen LogP contribution in [0.5, 0.6) is 0 Å². The molecule has 1 saturated heterocycles. The predicted octanol–water partition coefficient (Wildman–Crippen LogP) is 2.70. The highest BCUT2D eigenvalue weighted by Gasteiger charge is 2.48. The van der Waals surface area contributed by atoms with Gasteiger partial charge >= 0.3 is 11.9 Å². The molecule has 3 unspecified atom stereocenters. The van der Waals surface area contributed by atoms with Gasteiger partial charge in [-0.3, -0.25) is 9.59 Å². The van der Waals surface area contributed by atoms with Crippen molar-refractivity contribution in [3.63, 3.8) is 0 Å². The van der Waals surface area contributed by atoms with Gasteiger partial charge in [0.15, 0.2) is 0 Å². The Kier molecular flexibility index (Phi) is 3.40. The number of carbonyl (C=O) groups is 2. The second-order valence-electron chi connectivity index (χ2n) is 7.30. The van der Waals surface area contributed by atoms with Crippen molar-refractivity contribution in [1.82, 2.24) is 0 Å². The summed E-state index contributed by atoms with van der Waals surface area (Å²) in [6.45, 7) is 9.89. The second-order valence-corrected chi connectivity index (χ2v) is 7.30. The highest BCUT2D eigenvalue weighted by atomic mass is 16.6. The van der Waals surface area contributed by atoms with Crippen molar-refractivity contribution in [2.45, 2.75) is 66.1 Å². The van der Waals surface area contributed by atoms with E-state index in [1.807, 2.05) is 34.6 Å². The highest BCUT2D eigenvalue weighted by molar-refractivity contribution is 5.78. The van der Waals surface area contributed by atoms with Crippen molar-refractivity contribution in [2.75, 3.05) is 0 Å². The van der Waals surface area contributed by atoms with Gasteiger partial charge in [-0.1, -0.05) is 20.8 Å². The van der Waals surface area contributed by atoms with E-state index in [1.165, 1.54) is 0 Å². The van der Waals surface area contributed by atoms with Crippen LogP contribution in [0, 0.1) is 16.7 Å². The Morgan fingerprint density at radius 2 is 1.84 bits per heavy atom. The lowest BCUT2D eigenvalue weighted by atomic mass is 9.69. The smallest absolute Gasteiger partial charge is 0.312 e. The van der Waals surface area contributed by atoms with Crippen LogP contribution in [0.3, 0.4) is 0 Å². The van der Waals surface area contributed by atoms with Crippen LogP contribution in [0.25, 0.3) is 0 Å². The molecule has 4 heteroatoms. The summed E-state index contributed by atoms with van der Waals surface area (Å²) in [5.74, 6) is -0.305. The molecule has 0 radical (unpaired) electrons. The predicted molar refractivity (Wildman–Crippen MR) is 70.3 cm³/mol. The zero-order chi connectivity index (χ0) is 14.4. The maximum atomic E-state index is 12.4. The van der Waals surface area contributed by atoms with E-state index in [-0.39, 0.29) is 35.5 Å². The normalized spacial score (nSPS) is 31.0. The lowest BCUT2D eigenvalue weighted by molar-refractivity contribution is -0.174. The van der Waals surface area contributed by atoms with E-state index < -0.39 is 5.41 Å². The van der Waals surface area contributed by atoms with Crippen molar-refractivity contribution < 1.29 is 19.1 Å². The van der Waals surface area contributed by atoms with Crippen LogP contribution >= 0.6 is 0 Å². The molecule has 1 heterocycles. The third-order valence-corrected chi connectivity index (χ3v) is 4.98. The second kappa shape index (κ2) is 4.50. The number of hydrogen-bond acceptors (Lipinski definition) is 4. The minimum absolute atomic E-state index is 0.0237. The van der Waals surface area contributed by atoms with Gasteiger partial charge in [-0.25, -0.2) is 0 Å². The topological polar surface area (TPSA) is 52.6 Å². The fourth-order valence-corrected chi connectivity index (χ4v) is 2.41. The van der Waals surface area contributed by atoms with Crippen molar-refractivity contribution in [3.8, 4) is 0 Å². The molecule has 0 aromatic carbocycles. The summed E-state index contributed by atoms with van der Waals surface area (Å²) >= 11 is 0. The van der Waals surface area contributed by atoms with Crippen molar-refractivity contribution >= 4 is 11.9 Å². The maximum absolute atomic E-state index is 12.4. The zero-order valence-electron chi connectivity index (χ0n) is 12.5. The van der Waals surface area contributed by atoms with E-state index in [0.717, 1.165) is 12.8 Å². The van der Waals surface area contributed by atoms with Gasteiger partial charge in [-0.15, -0.1) is 0 Å². The molecule has 1 saturated carbocycles. The van der Waals surface area contributed by atoms with Crippen LogP contribution in [0.2, 0.25) is 0 Å². The minimum Gasteiger partial charge on any atom is -0.458 e. The van der Waals surface area contributed by atoms with Crippen LogP contribution in [0.4, 0.5) is 0 Å². The lowest BCUT2D eigenvalue weighted by Gasteiger charge is -2.38. The Bertz CT molecular complexity index is 391. The molecule has 0 aromatic rings. The fourth-order valence-electron chi connectivity index (χ4n) is 2.41. The molecule has 4 nitrogen and oxygen atoms in total. The Morgan fingerprint density at radius 3 is 2.42 bits per heavy atom. The molecule has 1 aliphatic heterocycles. The molecule has 0 spiro atoms. The summed E-state index contributed by atoms with van der Waals surface area (Å²) in [6, 6.07) is 0. The molecule has 19 heavy (non-hydrogen) atoms. The van der Waals surface area contributed by atoms with Crippen LogP contribution in [0.15, 0.2) is 0 Å². The van der Waals surface area contributed by atoms with Gasteiger partial charge in [0.05, 0.1) is 11.3 Å². The first-order chi connectivity index (χ1) is 8.63. The number of hydrogen-bond donors (Lipinski definition) is 0. The molecule has 0 aromatic heterocycles. The summed E-state index contributed by atoms with van der Waals surface area (Å²) in [5, 5.41) is 0. The lowest BCUT2D eigenvalue weighted by Crippen LogP contribution is -2.43. The zero-order valence-corrected chi connectivity index (χ0v) is 12.5. The van der Waals surface area contributed by atoms with Crippen molar-refractivity contribution in [1.29, 1.82) is 0 Å². The quantitative estimate of drug-likeness (QED) is 0.723. The SMILES string of the molecule is CC(C)(C)C(C)(C)C(=O)OC1CCC2CC1OC2=O. The molecule has 1 aliphatic carbocycles. The minimum atomic E-state index is -0.563. The van der Waals surface area contributed by atoms with E-state index in [1.54, 1.807) is 0 Å². The summed E-state index contributed by atoms with van der Waals surface area (Å²) in [6.07, 6.45) is 1.70. The van der Waals surface area contributed by atoms with Crippen LogP contribution in [-0.2, 0) is 19.1 Å². The van der Waals surface area contributed by atoms with E-state index in [2.05, 4.69) is 0 Å². The number of fused-ring (bicyclic) bond motifs is 2. The Morgan fingerprint density at radius 1 is 1.21 bits per heavy atom. The number of ether oxygens (including phenoxy) is 2. The Labute approximate surface area is 114 Å². The average Bonchev–Trinajstić information content (AvgIpc) is 2.58. The largest absolute Gasteiger partial charge is 0.458 e. The molecule has 2 fully saturated rings. The van der Waals surface area contributed by atoms with Gasteiger partial charge in [0.25, 0.3) is 0 Å². The first kappa shape index (κ1) is 14.4. The van der Waals surface area contributed by atoms with Gasteiger partial charge in [-0.05, 0) is 32.1 Å². The standard InChI is InChI=1S/C15H24O4/c1-14(2,3)15(4,5)13(17)19-10-7-6-9-8-11(10)18-12(9)16/h9-11H,6-8H2,1-5H3. The summed E-state index contributed by atoms with van der Waals surface area (Å²) in [5.41, 5.74) is -0.736. The molecular formula is C15H24O4. The van der Waals surface area contributed by atoms with Crippen molar-refractivity contribution in [2.24, 2.45) is 16.7 Å². The van der Waals surface area contributed by atoms with Gasteiger partial charge in [0.1, 0.15) is 12.2 Å². The van der Waals surface area contributed by atoms with E-state index in [0.29, 0.717) is 6.42 Å². The van der Waals surface area contributed by atoms with E-state index >= 15 is 0 Å². The average molecular weight is 268 g/mol. The number of carbonyl (C=O) groups excluding carboxylic acids is 2. The number of rotatable bonds is 2. The fraction of sp³-hybridized carbons (Fsp3) is 0.867. The molecule has 3 atom stereocenters. The molecule has 2 rings (SSSR count). The van der Waals surface area contributed by atoms with Gasteiger partial charge in [0.2, 0.25) is 0 Å². The Balaban J connectivity index is 2.02. The molecule has 0 N–H and O–H groups in total. The van der Waals surface area contributed by atoms with Crippen LogP contribution in [0.1, 0.15) is 53.9 Å². The van der Waals surface area contributed by atoms with Gasteiger partial charge < -0.3 is 9.47 Å². The molecular weight excluding hydrogens is 244 g/mol. The molecule has 108 valence electrons. The summed E-state index contributed by atoms with van der Waals surface area (Å²) in [4.78, 5) is 23.9.